The van der Waals surface area contributed by atoms with Gasteiger partial charge in [0.2, 0.25) is 0 Å². The Hall–Kier alpha value is -0.960. The van der Waals surface area contributed by atoms with Gasteiger partial charge in [-0.05, 0) is 13.3 Å². The summed E-state index contributed by atoms with van der Waals surface area (Å²) >= 11 is 4.29. The first-order valence-electron chi connectivity index (χ1n) is 5.15. The van der Waals surface area contributed by atoms with E-state index in [4.69, 9.17) is 4.74 Å². The molecule has 2 nitrogen and oxygen atoms in total. The lowest BCUT2D eigenvalue weighted by molar-refractivity contribution is -0.140. The van der Waals surface area contributed by atoms with Gasteiger partial charge in [-0.2, -0.15) is 0 Å². The average Bonchev–Trinajstić information content (AvgIpc) is 2.42. The highest BCUT2D eigenvalue weighted by Crippen LogP contribution is 2.37. The third kappa shape index (κ3) is 2.34. The second-order valence-corrected chi connectivity index (χ2v) is 4.09. The summed E-state index contributed by atoms with van der Waals surface area (Å²) in [6.07, 6.45) is 8.50. The maximum Gasteiger partial charge on any atom is 0.340 e. The molecular weight excluding hydrogens is 208 g/mol. The number of allylic oxidation sites excluding steroid dienone is 2. The molecule has 0 spiro atoms. The van der Waals surface area contributed by atoms with Crippen LogP contribution in [0.25, 0.3) is 0 Å². The highest BCUT2D eigenvalue weighted by atomic mass is 32.1. The monoisotopic (exact) mass is 224 g/mol. The number of esters is 1. The quantitative estimate of drug-likeness (QED) is 0.505. The first-order valence-corrected chi connectivity index (χ1v) is 5.59. The number of carbonyl (C=O) groups is 1. The summed E-state index contributed by atoms with van der Waals surface area (Å²) in [5.41, 5.74) is 1.49. The molecule has 0 bridgehead atoms. The molecule has 2 rings (SSSR count). The summed E-state index contributed by atoms with van der Waals surface area (Å²) in [5, 5.41) is 0. The summed E-state index contributed by atoms with van der Waals surface area (Å²) in [4.78, 5) is 10.6. The van der Waals surface area contributed by atoms with Gasteiger partial charge in [0.05, 0.1) is 5.57 Å². The van der Waals surface area contributed by atoms with Gasteiger partial charge >= 0.3 is 5.97 Å². The van der Waals surface area contributed by atoms with Gasteiger partial charge in [0.1, 0.15) is 0 Å². The highest BCUT2D eigenvalue weighted by Gasteiger charge is 2.38. The van der Waals surface area contributed by atoms with E-state index in [1.54, 1.807) is 13.0 Å². The number of rotatable bonds is 0. The fourth-order valence-corrected chi connectivity index (χ4v) is 1.78. The number of hydrogen-bond acceptors (Lipinski definition) is 3. The van der Waals surface area contributed by atoms with E-state index in [0.717, 1.165) is 12.0 Å². The number of thiol groups is 1. The van der Waals surface area contributed by atoms with Crippen LogP contribution in [0.2, 0.25) is 0 Å². The predicted molar refractivity (Wildman–Crippen MR) is 64.8 cm³/mol. The van der Waals surface area contributed by atoms with E-state index in [2.05, 4.69) is 12.6 Å². The van der Waals surface area contributed by atoms with Gasteiger partial charge < -0.3 is 4.74 Å². The Labute approximate surface area is 96.1 Å². The summed E-state index contributed by atoms with van der Waals surface area (Å²) in [6.45, 7) is 5.78. The molecular formula is C12H16O2S. The van der Waals surface area contributed by atoms with E-state index >= 15 is 0 Å². The molecule has 0 N–H and O–H groups in total. The number of ether oxygens (including phenoxy) is 1. The van der Waals surface area contributed by atoms with Crippen LogP contribution in [-0.4, -0.2) is 10.9 Å². The van der Waals surface area contributed by atoms with E-state index < -0.39 is 4.93 Å². The van der Waals surface area contributed by atoms with Crippen LogP contribution in [0.1, 0.15) is 27.2 Å². The van der Waals surface area contributed by atoms with Crippen molar-refractivity contribution in [1.29, 1.82) is 0 Å². The summed E-state index contributed by atoms with van der Waals surface area (Å²) < 4.78 is 5.10. The second-order valence-electron chi connectivity index (χ2n) is 3.24. The van der Waals surface area contributed by atoms with Crippen molar-refractivity contribution in [3.63, 3.8) is 0 Å². The van der Waals surface area contributed by atoms with Gasteiger partial charge in [0.15, 0.2) is 4.93 Å². The van der Waals surface area contributed by atoms with Crippen LogP contribution in [0, 0.1) is 0 Å². The smallest absolute Gasteiger partial charge is 0.340 e. The van der Waals surface area contributed by atoms with E-state index in [1.165, 1.54) is 0 Å². The Kier molecular flexibility index (Phi) is 3.80. The summed E-state index contributed by atoms with van der Waals surface area (Å²) in [5.74, 6) is -0.282. The topological polar surface area (TPSA) is 26.3 Å². The maximum atomic E-state index is 11.4. The van der Waals surface area contributed by atoms with Crippen LogP contribution in [0.15, 0.2) is 35.5 Å². The van der Waals surface area contributed by atoms with Crippen LogP contribution >= 0.6 is 12.6 Å². The molecule has 0 saturated carbocycles. The summed E-state index contributed by atoms with van der Waals surface area (Å²) in [7, 11) is 0. The first kappa shape index (κ1) is 12.1. The van der Waals surface area contributed by atoms with Gasteiger partial charge in [0, 0.05) is 5.57 Å². The van der Waals surface area contributed by atoms with E-state index in [1.807, 2.05) is 32.1 Å². The minimum absolute atomic E-state index is 0.282. The van der Waals surface area contributed by atoms with Gasteiger partial charge in [-0.3, -0.25) is 0 Å². The molecule has 1 aliphatic heterocycles. The molecule has 3 heteroatoms. The Bertz CT molecular complexity index is 349. The molecule has 0 amide bonds. The molecule has 0 aromatic carbocycles. The minimum Gasteiger partial charge on any atom is -0.440 e. The standard InChI is InChI=1S/C10H10O2S.C2H6/c1-10(13)8-6-4-2-3-5-7(8)9(11)12-10;1-2/h3-6,13H,2H2,1H3;1-2H3. The van der Waals surface area contributed by atoms with Gasteiger partial charge in [0.25, 0.3) is 0 Å². The van der Waals surface area contributed by atoms with Crippen molar-refractivity contribution in [3.8, 4) is 0 Å². The third-order valence-electron chi connectivity index (χ3n) is 2.14. The number of carbonyl (C=O) groups excluding carboxylic acids is 1. The van der Waals surface area contributed by atoms with Crippen LogP contribution in [0.4, 0.5) is 0 Å². The maximum absolute atomic E-state index is 11.4. The van der Waals surface area contributed by atoms with Crippen molar-refractivity contribution >= 4 is 18.6 Å². The minimum atomic E-state index is -0.766. The molecule has 0 aromatic heterocycles. The molecule has 82 valence electrons. The van der Waals surface area contributed by atoms with Crippen LogP contribution in [-0.2, 0) is 9.53 Å². The molecule has 2 aliphatic rings. The highest BCUT2D eigenvalue weighted by molar-refractivity contribution is 7.81. The molecule has 0 fully saturated rings. The second kappa shape index (κ2) is 4.71. The molecule has 0 saturated heterocycles. The first-order chi connectivity index (χ1) is 7.11. The summed E-state index contributed by atoms with van der Waals surface area (Å²) in [6, 6.07) is 0. The van der Waals surface area contributed by atoms with Crippen LogP contribution < -0.4 is 0 Å². The zero-order chi connectivity index (χ0) is 11.5. The van der Waals surface area contributed by atoms with Crippen molar-refractivity contribution in [2.45, 2.75) is 32.1 Å². The fraction of sp³-hybridized carbons (Fsp3) is 0.417. The predicted octanol–water partition coefficient (Wildman–Crippen LogP) is 3.03. The lowest BCUT2D eigenvalue weighted by Crippen LogP contribution is -2.18. The average molecular weight is 224 g/mol. The van der Waals surface area contributed by atoms with Crippen molar-refractivity contribution in [1.82, 2.24) is 0 Å². The Balaban J connectivity index is 0.000000531. The molecule has 1 unspecified atom stereocenters. The number of cyclic esters (lactones) is 1. The third-order valence-corrected chi connectivity index (χ3v) is 2.47. The molecule has 0 aromatic rings. The Morgan fingerprint density at radius 3 is 2.60 bits per heavy atom. The van der Waals surface area contributed by atoms with Crippen molar-refractivity contribution in [2.75, 3.05) is 0 Å². The van der Waals surface area contributed by atoms with Crippen LogP contribution in [0.3, 0.4) is 0 Å². The molecule has 1 aliphatic carbocycles. The van der Waals surface area contributed by atoms with Crippen molar-refractivity contribution < 1.29 is 9.53 Å². The molecule has 15 heavy (non-hydrogen) atoms. The van der Waals surface area contributed by atoms with Gasteiger partial charge in [-0.15, -0.1) is 12.6 Å². The Morgan fingerprint density at radius 1 is 1.33 bits per heavy atom. The zero-order valence-corrected chi connectivity index (χ0v) is 10.2. The Morgan fingerprint density at radius 2 is 1.93 bits per heavy atom. The van der Waals surface area contributed by atoms with E-state index in [-0.39, 0.29) is 5.97 Å². The molecule has 1 heterocycles. The SMILES string of the molecule is CC.CC1(S)OC(=O)C2=C1C=CCC=C2. The van der Waals surface area contributed by atoms with Gasteiger partial charge in [-0.25, -0.2) is 4.79 Å². The fourth-order valence-electron chi connectivity index (χ4n) is 1.50. The number of hydrogen-bond donors (Lipinski definition) is 1. The molecule has 1 atom stereocenters. The van der Waals surface area contributed by atoms with Crippen molar-refractivity contribution in [3.05, 3.63) is 35.5 Å². The lowest BCUT2D eigenvalue weighted by Gasteiger charge is -2.17. The lowest BCUT2D eigenvalue weighted by atomic mass is 10.1. The zero-order valence-electron chi connectivity index (χ0n) is 9.28. The van der Waals surface area contributed by atoms with E-state index in [9.17, 15) is 4.79 Å². The molecule has 0 radical (unpaired) electrons. The van der Waals surface area contributed by atoms with Crippen LogP contribution in [0.5, 0.6) is 0 Å². The van der Waals surface area contributed by atoms with E-state index in [0.29, 0.717) is 5.57 Å². The van der Waals surface area contributed by atoms with Gasteiger partial charge in [-0.1, -0.05) is 38.2 Å². The normalized spacial score (nSPS) is 27.9. The van der Waals surface area contributed by atoms with Crippen molar-refractivity contribution in [2.24, 2.45) is 0 Å². The largest absolute Gasteiger partial charge is 0.440 e.